The maximum absolute atomic E-state index is 12.5. The molecule has 19 heavy (non-hydrogen) atoms. The van der Waals surface area contributed by atoms with Crippen LogP contribution in [0.15, 0.2) is 24.3 Å². The molecule has 2 heteroatoms. The summed E-state index contributed by atoms with van der Waals surface area (Å²) in [5.41, 5.74) is 1.37. The first-order valence-electron chi connectivity index (χ1n) is 7.59. The molecule has 1 fully saturated rings. The fourth-order valence-electron chi connectivity index (χ4n) is 2.81. The molecular weight excluding hydrogens is 239 g/mol. The van der Waals surface area contributed by atoms with Crippen molar-refractivity contribution in [2.24, 2.45) is 11.8 Å². The number of hydrogen-bond acceptors (Lipinski definition) is 1. The van der Waals surface area contributed by atoms with Crippen LogP contribution in [0.5, 0.6) is 5.75 Å². The second-order valence-electron chi connectivity index (χ2n) is 5.75. The monoisotopic (exact) mass is 264 g/mol. The summed E-state index contributed by atoms with van der Waals surface area (Å²) < 4.78 is 18.4. The molecule has 0 aliphatic heterocycles. The van der Waals surface area contributed by atoms with Crippen LogP contribution < -0.4 is 4.74 Å². The first-order valence-corrected chi connectivity index (χ1v) is 7.59. The normalized spacial score (nSPS) is 23.3. The van der Waals surface area contributed by atoms with Gasteiger partial charge in [-0.25, -0.2) is 0 Å². The van der Waals surface area contributed by atoms with Crippen LogP contribution in [0.3, 0.4) is 0 Å². The molecule has 1 saturated carbocycles. The first-order chi connectivity index (χ1) is 9.31. The van der Waals surface area contributed by atoms with Gasteiger partial charge in [-0.05, 0) is 61.6 Å². The van der Waals surface area contributed by atoms with Gasteiger partial charge in [-0.2, -0.15) is 0 Å². The van der Waals surface area contributed by atoms with E-state index in [1.54, 1.807) is 0 Å². The Hall–Kier alpha value is -1.05. The number of aryl methyl sites for hydroxylation is 1. The molecular formula is C17H25FO. The topological polar surface area (TPSA) is 9.23 Å². The Balaban J connectivity index is 1.73. The third kappa shape index (κ3) is 4.52. The van der Waals surface area contributed by atoms with Crippen molar-refractivity contribution in [1.29, 1.82) is 0 Å². The van der Waals surface area contributed by atoms with Crippen molar-refractivity contribution in [1.82, 2.24) is 0 Å². The highest BCUT2D eigenvalue weighted by molar-refractivity contribution is 5.27. The third-order valence-corrected chi connectivity index (χ3v) is 4.13. The van der Waals surface area contributed by atoms with Crippen LogP contribution in [0.25, 0.3) is 0 Å². The van der Waals surface area contributed by atoms with Crippen LogP contribution >= 0.6 is 0 Å². The van der Waals surface area contributed by atoms with E-state index < -0.39 is 0 Å². The molecule has 1 aliphatic carbocycles. The van der Waals surface area contributed by atoms with Crippen molar-refractivity contribution >= 4 is 0 Å². The van der Waals surface area contributed by atoms with E-state index >= 15 is 0 Å². The molecule has 0 N–H and O–H groups in total. The Morgan fingerprint density at radius 2 is 1.68 bits per heavy atom. The van der Waals surface area contributed by atoms with Crippen LogP contribution in [0.4, 0.5) is 4.39 Å². The van der Waals surface area contributed by atoms with Gasteiger partial charge in [-0.3, -0.25) is 4.39 Å². The molecule has 0 aromatic heterocycles. The van der Waals surface area contributed by atoms with Gasteiger partial charge in [0.2, 0.25) is 0 Å². The molecule has 1 aromatic carbocycles. The molecule has 0 amide bonds. The standard InChI is InChI=1S/C17H25FO/c1-2-3-14-8-10-17(11-9-14)19-13-16-6-4-15(12-18)5-7-16/h8-11,15-16H,2-7,12-13H2,1H3. The average molecular weight is 264 g/mol. The third-order valence-electron chi connectivity index (χ3n) is 4.13. The SMILES string of the molecule is CCCc1ccc(OCC2CCC(CF)CC2)cc1. The van der Waals surface area contributed by atoms with Crippen LogP contribution in [-0.4, -0.2) is 13.3 Å². The predicted octanol–water partition coefficient (Wildman–Crippen LogP) is 4.79. The summed E-state index contributed by atoms with van der Waals surface area (Å²) in [4.78, 5) is 0. The second kappa shape index (κ2) is 7.52. The summed E-state index contributed by atoms with van der Waals surface area (Å²) in [6, 6.07) is 8.44. The van der Waals surface area contributed by atoms with Gasteiger partial charge >= 0.3 is 0 Å². The highest BCUT2D eigenvalue weighted by atomic mass is 19.1. The second-order valence-corrected chi connectivity index (χ2v) is 5.75. The zero-order valence-electron chi connectivity index (χ0n) is 11.9. The van der Waals surface area contributed by atoms with Crippen molar-refractivity contribution in [3.63, 3.8) is 0 Å². The molecule has 0 radical (unpaired) electrons. The highest BCUT2D eigenvalue weighted by Gasteiger charge is 2.21. The summed E-state index contributed by atoms with van der Waals surface area (Å²) >= 11 is 0. The largest absolute Gasteiger partial charge is 0.493 e. The van der Waals surface area contributed by atoms with E-state index in [1.165, 1.54) is 12.0 Å². The lowest BCUT2D eigenvalue weighted by Crippen LogP contribution is -2.20. The molecule has 1 aromatic rings. The molecule has 0 unspecified atom stereocenters. The number of rotatable bonds is 6. The van der Waals surface area contributed by atoms with Gasteiger partial charge in [0.25, 0.3) is 0 Å². The van der Waals surface area contributed by atoms with Gasteiger partial charge in [-0.1, -0.05) is 25.5 Å². The first kappa shape index (κ1) is 14.4. The van der Waals surface area contributed by atoms with E-state index in [0.29, 0.717) is 11.8 Å². The zero-order valence-corrected chi connectivity index (χ0v) is 11.9. The molecule has 0 heterocycles. The summed E-state index contributed by atoms with van der Waals surface area (Å²) in [5.74, 6) is 1.88. The summed E-state index contributed by atoms with van der Waals surface area (Å²) in [5, 5.41) is 0. The highest BCUT2D eigenvalue weighted by Crippen LogP contribution is 2.29. The maximum atomic E-state index is 12.5. The number of benzene rings is 1. The number of hydrogen-bond donors (Lipinski definition) is 0. The van der Waals surface area contributed by atoms with Crippen molar-refractivity contribution in [3.05, 3.63) is 29.8 Å². The van der Waals surface area contributed by atoms with Crippen molar-refractivity contribution < 1.29 is 9.13 Å². The molecule has 1 nitrogen and oxygen atoms in total. The van der Waals surface area contributed by atoms with E-state index in [-0.39, 0.29) is 6.67 Å². The minimum absolute atomic E-state index is 0.146. The Morgan fingerprint density at radius 3 is 2.26 bits per heavy atom. The van der Waals surface area contributed by atoms with Gasteiger partial charge in [-0.15, -0.1) is 0 Å². The lowest BCUT2D eigenvalue weighted by molar-refractivity contribution is 0.169. The smallest absolute Gasteiger partial charge is 0.119 e. The minimum Gasteiger partial charge on any atom is -0.493 e. The van der Waals surface area contributed by atoms with Gasteiger partial charge in [0.05, 0.1) is 13.3 Å². The van der Waals surface area contributed by atoms with Crippen LogP contribution in [0.2, 0.25) is 0 Å². The lowest BCUT2D eigenvalue weighted by atomic mass is 9.83. The molecule has 0 saturated heterocycles. The zero-order chi connectivity index (χ0) is 13.5. The Morgan fingerprint density at radius 1 is 1.05 bits per heavy atom. The van der Waals surface area contributed by atoms with Crippen LogP contribution in [0, 0.1) is 11.8 Å². The van der Waals surface area contributed by atoms with Crippen molar-refractivity contribution in [3.8, 4) is 5.75 Å². The lowest BCUT2D eigenvalue weighted by Gasteiger charge is -2.26. The van der Waals surface area contributed by atoms with E-state index in [9.17, 15) is 4.39 Å². The average Bonchev–Trinajstić information content (AvgIpc) is 2.47. The predicted molar refractivity (Wildman–Crippen MR) is 77.4 cm³/mol. The summed E-state index contributed by atoms with van der Waals surface area (Å²) in [7, 11) is 0. The van der Waals surface area contributed by atoms with Gasteiger partial charge in [0, 0.05) is 0 Å². The number of halogens is 1. The Labute approximate surface area is 116 Å². The quantitative estimate of drug-likeness (QED) is 0.717. The van der Waals surface area contributed by atoms with E-state index in [1.807, 2.05) is 0 Å². The summed E-state index contributed by atoms with van der Waals surface area (Å²) in [6.45, 7) is 2.83. The van der Waals surface area contributed by atoms with E-state index in [0.717, 1.165) is 44.5 Å². The molecule has 106 valence electrons. The number of ether oxygens (including phenoxy) is 1. The molecule has 1 aliphatic rings. The number of alkyl halides is 1. The maximum Gasteiger partial charge on any atom is 0.119 e. The molecule has 0 spiro atoms. The van der Waals surface area contributed by atoms with Crippen molar-refractivity contribution in [2.45, 2.75) is 45.4 Å². The minimum atomic E-state index is -0.146. The van der Waals surface area contributed by atoms with E-state index in [2.05, 4.69) is 31.2 Å². The molecule has 0 atom stereocenters. The van der Waals surface area contributed by atoms with Crippen molar-refractivity contribution in [2.75, 3.05) is 13.3 Å². The van der Waals surface area contributed by atoms with Crippen LogP contribution in [0.1, 0.15) is 44.6 Å². The summed E-state index contributed by atoms with van der Waals surface area (Å²) in [6.07, 6.45) is 6.59. The van der Waals surface area contributed by atoms with Gasteiger partial charge < -0.3 is 4.74 Å². The van der Waals surface area contributed by atoms with Gasteiger partial charge in [0.1, 0.15) is 5.75 Å². The fraction of sp³-hybridized carbons (Fsp3) is 0.647. The van der Waals surface area contributed by atoms with E-state index in [4.69, 9.17) is 4.74 Å². The Kier molecular flexibility index (Phi) is 5.68. The Bertz CT molecular complexity index is 352. The fourth-order valence-corrected chi connectivity index (χ4v) is 2.81. The molecule has 2 rings (SSSR count). The molecule has 0 bridgehead atoms. The van der Waals surface area contributed by atoms with Gasteiger partial charge in [0.15, 0.2) is 0 Å². The van der Waals surface area contributed by atoms with Crippen LogP contribution in [-0.2, 0) is 6.42 Å².